The van der Waals surface area contributed by atoms with Gasteiger partial charge >= 0.3 is 0 Å². The summed E-state index contributed by atoms with van der Waals surface area (Å²) in [6.07, 6.45) is 2.99. The number of hydrogen-bond acceptors (Lipinski definition) is 5. The zero-order valence-corrected chi connectivity index (χ0v) is 19.5. The molecule has 0 amide bonds. The normalized spacial score (nSPS) is 19.4. The van der Waals surface area contributed by atoms with E-state index in [0.29, 0.717) is 21.4 Å². The first-order valence-corrected chi connectivity index (χ1v) is 11.7. The zero-order valence-electron chi connectivity index (χ0n) is 18.0. The van der Waals surface area contributed by atoms with Crippen LogP contribution in [-0.4, -0.2) is 28.2 Å². The molecule has 2 aromatic carbocycles. The van der Waals surface area contributed by atoms with Gasteiger partial charge in [-0.15, -0.1) is 0 Å². The Morgan fingerprint density at radius 3 is 2.56 bits per heavy atom. The van der Waals surface area contributed by atoms with Crippen LogP contribution in [0.25, 0.3) is 11.3 Å². The van der Waals surface area contributed by atoms with Crippen molar-refractivity contribution in [3.8, 4) is 11.3 Å². The molecule has 166 valence electrons. The van der Waals surface area contributed by atoms with Crippen LogP contribution in [-0.2, 0) is 13.0 Å². The number of nitrogens with two attached hydrogens (primary N) is 1. The minimum Gasteiger partial charge on any atom is -0.390 e. The van der Waals surface area contributed by atoms with Crippen LogP contribution >= 0.6 is 23.2 Å². The largest absolute Gasteiger partial charge is 0.390 e. The molecule has 1 aliphatic heterocycles. The van der Waals surface area contributed by atoms with Gasteiger partial charge in [-0.2, -0.15) is 0 Å². The number of aliphatic hydroxyl groups excluding tert-OH is 1. The standard InChI is InChI=1S/C25H26Cl2N4O/c1-15-22(18-7-4-8-19(26)21(18)27)30-20(14-32)24(29-15)31-11-9-25(10-12-31)13-16-5-2-3-6-17(16)23(25)28/h2-8,23,32H,9-14,28H2,1H3. The fraction of sp³-hybridized carbons (Fsp3) is 0.360. The summed E-state index contributed by atoms with van der Waals surface area (Å²) in [6, 6.07) is 14.1. The fourth-order valence-corrected chi connectivity index (χ4v) is 5.70. The molecule has 7 heteroatoms. The number of aliphatic hydroxyl groups is 1. The average Bonchev–Trinajstić information content (AvgIpc) is 3.07. The van der Waals surface area contributed by atoms with E-state index in [1.807, 2.05) is 19.1 Å². The maximum Gasteiger partial charge on any atom is 0.153 e. The van der Waals surface area contributed by atoms with Gasteiger partial charge in [0.2, 0.25) is 0 Å². The molecule has 1 saturated heterocycles. The highest BCUT2D eigenvalue weighted by atomic mass is 35.5. The summed E-state index contributed by atoms with van der Waals surface area (Å²) in [5, 5.41) is 11.0. The Kier molecular flexibility index (Phi) is 5.62. The Balaban J connectivity index is 1.42. The Bertz CT molecular complexity index is 1170. The third-order valence-corrected chi connectivity index (χ3v) is 7.95. The number of aromatic nitrogens is 2. The number of fused-ring (bicyclic) bond motifs is 1. The summed E-state index contributed by atoms with van der Waals surface area (Å²) in [7, 11) is 0. The van der Waals surface area contributed by atoms with E-state index in [9.17, 15) is 5.11 Å². The molecule has 0 bridgehead atoms. The van der Waals surface area contributed by atoms with Gasteiger partial charge in [0.05, 0.1) is 28.0 Å². The lowest BCUT2D eigenvalue weighted by Gasteiger charge is -2.43. The lowest BCUT2D eigenvalue weighted by molar-refractivity contribution is 0.186. The first-order valence-electron chi connectivity index (χ1n) is 10.9. The van der Waals surface area contributed by atoms with Gasteiger partial charge in [0, 0.05) is 24.7 Å². The second-order valence-corrected chi connectivity index (χ2v) is 9.68. The highest BCUT2D eigenvalue weighted by molar-refractivity contribution is 6.43. The Morgan fingerprint density at radius 2 is 1.84 bits per heavy atom. The predicted octanol–water partition coefficient (Wildman–Crippen LogP) is 5.09. The molecule has 1 aliphatic carbocycles. The first-order chi connectivity index (χ1) is 15.4. The summed E-state index contributed by atoms with van der Waals surface area (Å²) < 4.78 is 0. The lowest BCUT2D eigenvalue weighted by Crippen LogP contribution is -2.45. The first kappa shape index (κ1) is 21.7. The van der Waals surface area contributed by atoms with Crippen molar-refractivity contribution in [1.82, 2.24) is 9.97 Å². The zero-order chi connectivity index (χ0) is 22.5. The van der Waals surface area contributed by atoms with E-state index < -0.39 is 0 Å². The van der Waals surface area contributed by atoms with Gasteiger partial charge in [-0.05, 0) is 48.8 Å². The van der Waals surface area contributed by atoms with Crippen LogP contribution in [0.1, 0.15) is 41.4 Å². The number of aryl methyl sites for hydroxylation is 1. The molecule has 2 aliphatic rings. The molecular weight excluding hydrogens is 443 g/mol. The molecular formula is C25H26Cl2N4O. The van der Waals surface area contributed by atoms with Crippen LogP contribution in [0.3, 0.4) is 0 Å². The smallest absolute Gasteiger partial charge is 0.153 e. The van der Waals surface area contributed by atoms with Gasteiger partial charge in [-0.25, -0.2) is 9.97 Å². The Hall–Kier alpha value is -2.18. The second kappa shape index (κ2) is 8.31. The number of piperidine rings is 1. The molecule has 3 N–H and O–H groups in total. The van der Waals surface area contributed by atoms with Crippen LogP contribution in [0.2, 0.25) is 10.0 Å². The summed E-state index contributed by atoms with van der Waals surface area (Å²) >= 11 is 12.6. The number of halogens is 2. The van der Waals surface area contributed by atoms with E-state index in [1.165, 1.54) is 11.1 Å². The second-order valence-electron chi connectivity index (χ2n) is 8.89. The number of benzene rings is 2. The third kappa shape index (κ3) is 3.48. The quantitative estimate of drug-likeness (QED) is 0.559. The monoisotopic (exact) mass is 468 g/mol. The van der Waals surface area contributed by atoms with Crippen molar-refractivity contribution < 1.29 is 5.11 Å². The highest BCUT2D eigenvalue weighted by Crippen LogP contribution is 2.51. The predicted molar refractivity (Wildman–Crippen MR) is 129 cm³/mol. The van der Waals surface area contributed by atoms with Crippen molar-refractivity contribution in [3.05, 3.63) is 75.0 Å². The molecule has 1 spiro atoms. The van der Waals surface area contributed by atoms with Crippen molar-refractivity contribution in [3.63, 3.8) is 0 Å². The molecule has 2 heterocycles. The molecule has 5 nitrogen and oxygen atoms in total. The van der Waals surface area contributed by atoms with Crippen LogP contribution in [0.15, 0.2) is 42.5 Å². The van der Waals surface area contributed by atoms with Gasteiger partial charge in [0.25, 0.3) is 0 Å². The molecule has 5 rings (SSSR count). The summed E-state index contributed by atoms with van der Waals surface area (Å²) in [6.45, 7) is 3.39. The topological polar surface area (TPSA) is 75.3 Å². The van der Waals surface area contributed by atoms with Gasteiger partial charge in [0.15, 0.2) is 5.82 Å². The van der Waals surface area contributed by atoms with E-state index in [2.05, 4.69) is 29.2 Å². The molecule has 1 fully saturated rings. The van der Waals surface area contributed by atoms with Crippen molar-refractivity contribution in [2.75, 3.05) is 18.0 Å². The fourth-order valence-electron chi connectivity index (χ4n) is 5.31. The van der Waals surface area contributed by atoms with Crippen LogP contribution < -0.4 is 10.6 Å². The average molecular weight is 469 g/mol. The van der Waals surface area contributed by atoms with E-state index in [-0.39, 0.29) is 18.1 Å². The van der Waals surface area contributed by atoms with Gasteiger partial charge < -0.3 is 15.7 Å². The van der Waals surface area contributed by atoms with Crippen LogP contribution in [0.4, 0.5) is 5.82 Å². The van der Waals surface area contributed by atoms with E-state index in [1.54, 1.807) is 6.07 Å². The summed E-state index contributed by atoms with van der Waals surface area (Å²) in [4.78, 5) is 11.8. The van der Waals surface area contributed by atoms with Crippen molar-refractivity contribution in [2.24, 2.45) is 11.1 Å². The minimum absolute atomic E-state index is 0.0679. The van der Waals surface area contributed by atoms with E-state index >= 15 is 0 Å². The number of rotatable bonds is 3. The third-order valence-electron chi connectivity index (χ3n) is 7.13. The minimum atomic E-state index is -0.194. The van der Waals surface area contributed by atoms with E-state index in [4.69, 9.17) is 38.9 Å². The molecule has 1 aromatic heterocycles. The maximum absolute atomic E-state index is 10.1. The van der Waals surface area contributed by atoms with E-state index in [0.717, 1.165) is 49.4 Å². The number of nitrogens with zero attached hydrogens (tertiary/aromatic N) is 3. The molecule has 0 radical (unpaired) electrons. The van der Waals surface area contributed by atoms with Gasteiger partial charge in [-0.1, -0.05) is 59.6 Å². The van der Waals surface area contributed by atoms with Gasteiger partial charge in [-0.3, -0.25) is 0 Å². The summed E-state index contributed by atoms with van der Waals surface area (Å²) in [5.41, 5.74) is 12.2. The summed E-state index contributed by atoms with van der Waals surface area (Å²) in [5.74, 6) is 0.742. The van der Waals surface area contributed by atoms with Crippen molar-refractivity contribution in [1.29, 1.82) is 0 Å². The lowest BCUT2D eigenvalue weighted by atomic mass is 9.73. The molecule has 3 aromatic rings. The van der Waals surface area contributed by atoms with Crippen molar-refractivity contribution in [2.45, 2.75) is 38.8 Å². The SMILES string of the molecule is Cc1nc(N2CCC3(CC2)Cc2ccccc2C3N)c(CO)nc1-c1cccc(Cl)c1Cl. The Morgan fingerprint density at radius 1 is 1.09 bits per heavy atom. The number of hydrogen-bond donors (Lipinski definition) is 2. The van der Waals surface area contributed by atoms with Crippen molar-refractivity contribution >= 4 is 29.0 Å². The van der Waals surface area contributed by atoms with Crippen LogP contribution in [0.5, 0.6) is 0 Å². The maximum atomic E-state index is 10.1. The highest BCUT2D eigenvalue weighted by Gasteiger charge is 2.46. The Labute approximate surface area is 198 Å². The molecule has 0 saturated carbocycles. The molecule has 1 unspecified atom stereocenters. The molecule has 32 heavy (non-hydrogen) atoms. The van der Waals surface area contributed by atoms with Crippen LogP contribution in [0, 0.1) is 12.3 Å². The number of anilines is 1. The molecule has 1 atom stereocenters. The van der Waals surface area contributed by atoms with Gasteiger partial charge in [0.1, 0.15) is 5.69 Å².